The summed E-state index contributed by atoms with van der Waals surface area (Å²) in [6, 6.07) is 0. The lowest BCUT2D eigenvalue weighted by molar-refractivity contribution is -0.222. The lowest BCUT2D eigenvalue weighted by atomic mass is 9.83. The number of fused-ring (bicyclic) bond motifs is 3. The van der Waals surface area contributed by atoms with Gasteiger partial charge in [-0.2, -0.15) is 13.2 Å². The molecular formula is C9H12F3NO2. The number of rotatable bonds is 1. The van der Waals surface area contributed by atoms with Crippen LogP contribution in [0.1, 0.15) is 19.3 Å². The summed E-state index contributed by atoms with van der Waals surface area (Å²) in [7, 11) is 0. The zero-order valence-electron chi connectivity index (χ0n) is 8.14. The average Bonchev–Trinajstić information content (AvgIpc) is 2.18. The van der Waals surface area contributed by atoms with E-state index in [1.807, 2.05) is 0 Å². The van der Waals surface area contributed by atoms with Gasteiger partial charge in [0, 0.05) is 38.9 Å². The van der Waals surface area contributed by atoms with Gasteiger partial charge in [0.15, 0.2) is 0 Å². The van der Waals surface area contributed by atoms with Crippen molar-refractivity contribution in [2.24, 2.45) is 0 Å². The van der Waals surface area contributed by atoms with Crippen molar-refractivity contribution in [1.29, 1.82) is 0 Å². The molecule has 86 valence electrons. The van der Waals surface area contributed by atoms with Crippen molar-refractivity contribution in [3.63, 3.8) is 0 Å². The first-order valence-corrected chi connectivity index (χ1v) is 4.94. The number of carbonyl (C=O) groups excluding carboxylic acids is 1. The minimum absolute atomic E-state index is 0.523. The summed E-state index contributed by atoms with van der Waals surface area (Å²) in [5.41, 5.74) is -0.846. The van der Waals surface area contributed by atoms with Crippen LogP contribution in [0.5, 0.6) is 0 Å². The fourth-order valence-electron chi connectivity index (χ4n) is 2.20. The topological polar surface area (TPSA) is 29.5 Å². The zero-order valence-corrected chi connectivity index (χ0v) is 8.14. The first-order valence-electron chi connectivity index (χ1n) is 4.94. The molecule has 0 aliphatic carbocycles. The Morgan fingerprint density at radius 3 is 2.00 bits per heavy atom. The fourth-order valence-corrected chi connectivity index (χ4v) is 2.20. The highest BCUT2D eigenvalue weighted by molar-refractivity contribution is 5.76. The zero-order chi connectivity index (χ0) is 11.1. The SMILES string of the molecule is O=C(OC12CCN(CC1)CC2)C(F)(F)F. The summed E-state index contributed by atoms with van der Waals surface area (Å²) in [5.74, 6) is -2.04. The first-order chi connectivity index (χ1) is 6.91. The molecule has 0 saturated carbocycles. The normalized spacial score (nSPS) is 35.3. The standard InChI is InChI=1S/C9H12F3NO2/c10-9(11,12)7(14)15-8-1-4-13(5-2-8)6-3-8/h1-6H2. The third-order valence-corrected chi connectivity index (χ3v) is 3.19. The van der Waals surface area contributed by atoms with Crippen LogP contribution in [-0.4, -0.2) is 42.3 Å². The molecule has 0 aromatic heterocycles. The molecule has 0 unspecified atom stereocenters. The van der Waals surface area contributed by atoms with E-state index in [-0.39, 0.29) is 0 Å². The van der Waals surface area contributed by atoms with Gasteiger partial charge in [-0.3, -0.25) is 0 Å². The number of nitrogens with zero attached hydrogens (tertiary/aromatic N) is 1. The number of ether oxygens (including phenoxy) is 1. The average molecular weight is 223 g/mol. The molecule has 0 aromatic carbocycles. The second-order valence-electron chi connectivity index (χ2n) is 4.16. The van der Waals surface area contributed by atoms with E-state index in [0.29, 0.717) is 19.3 Å². The maximum atomic E-state index is 12.0. The third kappa shape index (κ3) is 2.09. The molecule has 3 rings (SSSR count). The molecule has 3 aliphatic heterocycles. The molecule has 0 atom stereocenters. The summed E-state index contributed by atoms with van der Waals surface area (Å²) < 4.78 is 40.8. The van der Waals surface area contributed by atoms with Crippen LogP contribution in [-0.2, 0) is 9.53 Å². The molecule has 0 aromatic rings. The van der Waals surface area contributed by atoms with Gasteiger partial charge < -0.3 is 9.64 Å². The van der Waals surface area contributed by atoms with E-state index < -0.39 is 17.7 Å². The lowest BCUT2D eigenvalue weighted by Crippen LogP contribution is -2.55. The maximum Gasteiger partial charge on any atom is 0.490 e. The van der Waals surface area contributed by atoms with Gasteiger partial charge in [-0.15, -0.1) is 0 Å². The van der Waals surface area contributed by atoms with Crippen LogP contribution in [0.3, 0.4) is 0 Å². The van der Waals surface area contributed by atoms with E-state index >= 15 is 0 Å². The number of piperidine rings is 3. The Morgan fingerprint density at radius 2 is 1.60 bits per heavy atom. The molecule has 3 fully saturated rings. The largest absolute Gasteiger partial charge is 0.490 e. The molecule has 0 spiro atoms. The van der Waals surface area contributed by atoms with Gasteiger partial charge in [0.1, 0.15) is 5.60 Å². The van der Waals surface area contributed by atoms with E-state index in [0.717, 1.165) is 19.6 Å². The lowest BCUT2D eigenvalue weighted by Gasteiger charge is -2.47. The molecule has 6 heteroatoms. The van der Waals surface area contributed by atoms with Crippen LogP contribution in [0.2, 0.25) is 0 Å². The monoisotopic (exact) mass is 223 g/mol. The minimum atomic E-state index is -4.87. The Hall–Kier alpha value is -0.780. The quantitative estimate of drug-likeness (QED) is 0.628. The molecule has 3 heterocycles. The molecule has 15 heavy (non-hydrogen) atoms. The smallest absolute Gasteiger partial charge is 0.452 e. The van der Waals surface area contributed by atoms with E-state index in [4.69, 9.17) is 0 Å². The van der Waals surface area contributed by atoms with Crippen molar-refractivity contribution >= 4 is 5.97 Å². The highest BCUT2D eigenvalue weighted by Crippen LogP contribution is 2.36. The Bertz CT molecular complexity index is 255. The van der Waals surface area contributed by atoms with E-state index in [1.54, 1.807) is 0 Å². The van der Waals surface area contributed by atoms with E-state index in [1.165, 1.54) is 0 Å². The molecule has 0 N–H and O–H groups in total. The van der Waals surface area contributed by atoms with Gasteiger partial charge in [-0.25, -0.2) is 4.79 Å². The van der Waals surface area contributed by atoms with Crippen molar-refractivity contribution in [2.45, 2.75) is 31.0 Å². The molecular weight excluding hydrogens is 211 g/mol. The van der Waals surface area contributed by atoms with Crippen molar-refractivity contribution in [3.05, 3.63) is 0 Å². The predicted octanol–water partition coefficient (Wildman–Crippen LogP) is 1.33. The third-order valence-electron chi connectivity index (χ3n) is 3.19. The second-order valence-corrected chi connectivity index (χ2v) is 4.16. The summed E-state index contributed by atoms with van der Waals surface area (Å²) in [6.45, 7) is 2.18. The van der Waals surface area contributed by atoms with Crippen molar-refractivity contribution in [3.8, 4) is 0 Å². The number of esters is 1. The number of hydrogen-bond donors (Lipinski definition) is 0. The number of hydrogen-bond acceptors (Lipinski definition) is 3. The molecule has 3 saturated heterocycles. The Labute approximate surface area is 85.2 Å². The summed E-state index contributed by atoms with van der Waals surface area (Å²) in [6.07, 6.45) is -3.30. The predicted molar refractivity (Wildman–Crippen MR) is 45.2 cm³/mol. The molecule has 2 bridgehead atoms. The maximum absolute atomic E-state index is 12.0. The Balaban J connectivity index is 2.01. The van der Waals surface area contributed by atoms with Gasteiger partial charge in [-0.1, -0.05) is 0 Å². The Morgan fingerprint density at radius 1 is 1.13 bits per heavy atom. The minimum Gasteiger partial charge on any atom is -0.452 e. The van der Waals surface area contributed by atoms with Crippen molar-refractivity contribution in [1.82, 2.24) is 4.90 Å². The first kappa shape index (κ1) is 10.7. The molecule has 3 nitrogen and oxygen atoms in total. The summed E-state index contributed by atoms with van der Waals surface area (Å²) in [4.78, 5) is 12.9. The van der Waals surface area contributed by atoms with Crippen LogP contribution < -0.4 is 0 Å². The number of carbonyl (C=O) groups is 1. The summed E-state index contributed by atoms with van der Waals surface area (Å²) in [5, 5.41) is 0. The number of halogens is 3. The van der Waals surface area contributed by atoms with Crippen LogP contribution in [0.4, 0.5) is 13.2 Å². The van der Waals surface area contributed by atoms with Gasteiger partial charge in [0.2, 0.25) is 0 Å². The van der Waals surface area contributed by atoms with Gasteiger partial charge in [0.05, 0.1) is 0 Å². The molecule has 0 amide bonds. The van der Waals surface area contributed by atoms with Crippen molar-refractivity contribution in [2.75, 3.05) is 19.6 Å². The number of alkyl halides is 3. The van der Waals surface area contributed by atoms with Crippen molar-refractivity contribution < 1.29 is 22.7 Å². The fraction of sp³-hybridized carbons (Fsp3) is 0.889. The summed E-state index contributed by atoms with van der Waals surface area (Å²) >= 11 is 0. The van der Waals surface area contributed by atoms with Gasteiger partial charge in [-0.05, 0) is 0 Å². The van der Waals surface area contributed by atoms with E-state index in [9.17, 15) is 18.0 Å². The van der Waals surface area contributed by atoms with Gasteiger partial charge in [0.25, 0.3) is 0 Å². The molecule has 0 radical (unpaired) electrons. The highest BCUT2D eigenvalue weighted by Gasteiger charge is 2.49. The molecule has 3 aliphatic rings. The van der Waals surface area contributed by atoms with E-state index in [2.05, 4.69) is 9.64 Å². The second kappa shape index (κ2) is 3.37. The van der Waals surface area contributed by atoms with Crippen LogP contribution >= 0.6 is 0 Å². The van der Waals surface area contributed by atoms with Gasteiger partial charge >= 0.3 is 12.1 Å². The van der Waals surface area contributed by atoms with Crippen LogP contribution in [0, 0.1) is 0 Å². The Kier molecular flexibility index (Phi) is 2.41. The van der Waals surface area contributed by atoms with Crippen LogP contribution in [0.25, 0.3) is 0 Å². The highest BCUT2D eigenvalue weighted by atomic mass is 19.4. The van der Waals surface area contributed by atoms with Crippen LogP contribution in [0.15, 0.2) is 0 Å².